The average Bonchev–Trinajstić information content (AvgIpc) is 2.54. The van der Waals surface area contributed by atoms with E-state index in [-0.39, 0.29) is 17.9 Å². The third kappa shape index (κ3) is 5.21. The maximum absolute atomic E-state index is 12.5. The molecule has 1 aromatic rings. The minimum atomic E-state index is -4.36. The van der Waals surface area contributed by atoms with E-state index in [9.17, 15) is 18.0 Å². The molecule has 4 nitrogen and oxygen atoms in total. The second kappa shape index (κ2) is 7.53. The predicted molar refractivity (Wildman–Crippen MR) is 84.6 cm³/mol. The molecule has 0 spiro atoms. The summed E-state index contributed by atoms with van der Waals surface area (Å²) >= 11 is 0. The van der Waals surface area contributed by atoms with Crippen molar-refractivity contribution in [1.29, 1.82) is 0 Å². The number of carbonyl (C=O) groups excluding carboxylic acids is 1. The van der Waals surface area contributed by atoms with E-state index in [4.69, 9.17) is 4.74 Å². The molecule has 1 heterocycles. The van der Waals surface area contributed by atoms with Crippen molar-refractivity contribution in [1.82, 2.24) is 10.2 Å². The fourth-order valence-electron chi connectivity index (χ4n) is 2.65. The number of rotatable bonds is 5. The molecule has 0 unspecified atom stereocenters. The quantitative estimate of drug-likeness (QED) is 0.892. The van der Waals surface area contributed by atoms with Crippen LogP contribution in [0.2, 0.25) is 0 Å². The molecule has 0 saturated carbocycles. The molecule has 0 aliphatic carbocycles. The number of nitrogens with one attached hydrogen (secondary N) is 1. The van der Waals surface area contributed by atoms with Gasteiger partial charge in [-0.2, -0.15) is 13.2 Å². The van der Waals surface area contributed by atoms with Crippen LogP contribution in [-0.2, 0) is 22.1 Å². The molecular formula is C17H23F3N2O2. The molecule has 0 radical (unpaired) electrons. The van der Waals surface area contributed by atoms with Crippen LogP contribution in [0.1, 0.15) is 25.0 Å². The Balaban J connectivity index is 1.84. The monoisotopic (exact) mass is 344 g/mol. The van der Waals surface area contributed by atoms with Crippen molar-refractivity contribution in [2.45, 2.75) is 32.0 Å². The zero-order valence-corrected chi connectivity index (χ0v) is 13.9. The van der Waals surface area contributed by atoms with Crippen molar-refractivity contribution < 1.29 is 22.7 Å². The van der Waals surface area contributed by atoms with Crippen molar-refractivity contribution in [3.63, 3.8) is 0 Å². The maximum atomic E-state index is 12.5. The standard InChI is InChI=1S/C17H23F3N2O2/c1-16(2,22-7-9-24-10-8-22)12-21-15(23)11-13-3-5-14(6-4-13)17(18,19)20/h3-6H,7-12H2,1-2H3,(H,21,23). The first-order valence-corrected chi connectivity index (χ1v) is 7.94. The van der Waals surface area contributed by atoms with E-state index in [1.54, 1.807) is 0 Å². The van der Waals surface area contributed by atoms with Crippen molar-refractivity contribution >= 4 is 5.91 Å². The molecule has 1 aliphatic heterocycles. The molecule has 2 rings (SSSR count). The number of nitrogens with zero attached hydrogens (tertiary/aromatic N) is 1. The lowest BCUT2D eigenvalue weighted by Gasteiger charge is -2.40. The van der Waals surface area contributed by atoms with Crippen LogP contribution in [0.5, 0.6) is 0 Å². The first-order valence-electron chi connectivity index (χ1n) is 7.94. The summed E-state index contributed by atoms with van der Waals surface area (Å²) in [7, 11) is 0. The molecule has 24 heavy (non-hydrogen) atoms. The molecular weight excluding hydrogens is 321 g/mol. The molecule has 1 saturated heterocycles. The summed E-state index contributed by atoms with van der Waals surface area (Å²) in [5.74, 6) is -0.198. The van der Waals surface area contributed by atoms with Gasteiger partial charge >= 0.3 is 6.18 Å². The van der Waals surface area contributed by atoms with E-state index in [1.807, 2.05) is 0 Å². The number of hydrogen-bond donors (Lipinski definition) is 1. The first-order chi connectivity index (χ1) is 11.2. The summed E-state index contributed by atoms with van der Waals surface area (Å²) in [5, 5.41) is 2.87. The summed E-state index contributed by atoms with van der Waals surface area (Å²) in [6.45, 7) is 7.59. The highest BCUT2D eigenvalue weighted by Gasteiger charge is 2.30. The van der Waals surface area contributed by atoms with E-state index < -0.39 is 11.7 Å². The summed E-state index contributed by atoms with van der Waals surface area (Å²) in [6.07, 6.45) is -4.29. The summed E-state index contributed by atoms with van der Waals surface area (Å²) in [4.78, 5) is 14.3. The number of halogens is 3. The number of alkyl halides is 3. The maximum Gasteiger partial charge on any atom is 0.416 e. The number of morpholine rings is 1. The molecule has 1 aromatic carbocycles. The number of carbonyl (C=O) groups is 1. The average molecular weight is 344 g/mol. The van der Waals surface area contributed by atoms with Gasteiger partial charge in [0.15, 0.2) is 0 Å². The van der Waals surface area contributed by atoms with Crippen LogP contribution in [0.25, 0.3) is 0 Å². The van der Waals surface area contributed by atoms with Crippen molar-refractivity contribution in [2.24, 2.45) is 0 Å². The van der Waals surface area contributed by atoms with Crippen LogP contribution >= 0.6 is 0 Å². The Morgan fingerprint density at radius 1 is 1.17 bits per heavy atom. The van der Waals surface area contributed by atoms with Gasteiger partial charge in [-0.3, -0.25) is 9.69 Å². The van der Waals surface area contributed by atoms with Gasteiger partial charge < -0.3 is 10.1 Å². The highest BCUT2D eigenvalue weighted by molar-refractivity contribution is 5.78. The molecule has 0 aromatic heterocycles. The Morgan fingerprint density at radius 2 is 1.75 bits per heavy atom. The smallest absolute Gasteiger partial charge is 0.379 e. The van der Waals surface area contributed by atoms with Crippen molar-refractivity contribution in [2.75, 3.05) is 32.8 Å². The van der Waals surface area contributed by atoms with E-state index >= 15 is 0 Å². The van der Waals surface area contributed by atoms with E-state index in [0.29, 0.717) is 25.3 Å². The fraction of sp³-hybridized carbons (Fsp3) is 0.588. The summed E-state index contributed by atoms with van der Waals surface area (Å²) in [6, 6.07) is 4.69. The largest absolute Gasteiger partial charge is 0.416 e. The summed E-state index contributed by atoms with van der Waals surface area (Å²) in [5.41, 5.74) is -0.343. The summed E-state index contributed by atoms with van der Waals surface area (Å²) < 4.78 is 42.9. The Kier molecular flexibility index (Phi) is 5.87. The molecule has 7 heteroatoms. The lowest BCUT2D eigenvalue weighted by Crippen LogP contribution is -2.55. The second-order valence-corrected chi connectivity index (χ2v) is 6.56. The van der Waals surface area contributed by atoms with Gasteiger partial charge in [0.25, 0.3) is 0 Å². The Bertz CT molecular complexity index is 550. The van der Waals surface area contributed by atoms with Crippen molar-refractivity contribution in [3.8, 4) is 0 Å². The topological polar surface area (TPSA) is 41.6 Å². The third-order valence-corrected chi connectivity index (χ3v) is 4.23. The molecule has 1 aliphatic rings. The lowest BCUT2D eigenvalue weighted by atomic mass is 10.0. The SMILES string of the molecule is CC(C)(CNC(=O)Cc1ccc(C(F)(F)F)cc1)N1CCOCC1. The highest BCUT2D eigenvalue weighted by Crippen LogP contribution is 2.29. The van der Waals surface area contributed by atoms with Gasteiger partial charge in [0, 0.05) is 25.2 Å². The third-order valence-electron chi connectivity index (χ3n) is 4.23. The van der Waals surface area contributed by atoms with Gasteiger partial charge in [0.2, 0.25) is 5.91 Å². The van der Waals surface area contributed by atoms with E-state index in [0.717, 1.165) is 25.2 Å². The molecule has 0 atom stereocenters. The van der Waals surface area contributed by atoms with Crippen LogP contribution in [0.4, 0.5) is 13.2 Å². The number of hydrogen-bond acceptors (Lipinski definition) is 3. The van der Waals surface area contributed by atoms with Crippen LogP contribution in [0, 0.1) is 0 Å². The van der Waals surface area contributed by atoms with Crippen LogP contribution in [0.15, 0.2) is 24.3 Å². The number of amides is 1. The van der Waals surface area contributed by atoms with Gasteiger partial charge in [0.1, 0.15) is 0 Å². The molecule has 0 bridgehead atoms. The van der Waals surface area contributed by atoms with Gasteiger partial charge in [-0.05, 0) is 31.5 Å². The zero-order valence-electron chi connectivity index (χ0n) is 13.9. The Labute approximate surface area is 140 Å². The minimum absolute atomic E-state index is 0.0668. The van der Waals surface area contributed by atoms with E-state index in [1.165, 1.54) is 12.1 Å². The van der Waals surface area contributed by atoms with E-state index in [2.05, 4.69) is 24.1 Å². The lowest BCUT2D eigenvalue weighted by molar-refractivity contribution is -0.137. The van der Waals surface area contributed by atoms with Crippen molar-refractivity contribution in [3.05, 3.63) is 35.4 Å². The fourth-order valence-corrected chi connectivity index (χ4v) is 2.65. The Hall–Kier alpha value is -1.60. The predicted octanol–water partition coefficient (Wildman–Crippen LogP) is 2.47. The minimum Gasteiger partial charge on any atom is -0.379 e. The first kappa shape index (κ1) is 18.7. The molecule has 1 amide bonds. The highest BCUT2D eigenvalue weighted by atomic mass is 19.4. The normalized spacial score (nSPS) is 16.9. The van der Waals surface area contributed by atoms with Crippen LogP contribution < -0.4 is 5.32 Å². The molecule has 1 fully saturated rings. The number of ether oxygens (including phenoxy) is 1. The number of benzene rings is 1. The van der Waals surface area contributed by atoms with Gasteiger partial charge in [-0.25, -0.2) is 0 Å². The van der Waals surface area contributed by atoms with Crippen LogP contribution in [0.3, 0.4) is 0 Å². The second-order valence-electron chi connectivity index (χ2n) is 6.56. The van der Waals surface area contributed by atoms with Crippen LogP contribution in [-0.4, -0.2) is 49.2 Å². The van der Waals surface area contributed by atoms with Gasteiger partial charge in [-0.15, -0.1) is 0 Å². The Morgan fingerprint density at radius 3 is 2.29 bits per heavy atom. The zero-order chi connectivity index (χ0) is 17.8. The molecule has 134 valence electrons. The van der Waals surface area contributed by atoms with Gasteiger partial charge in [0.05, 0.1) is 25.2 Å². The molecule has 1 N–H and O–H groups in total. The van der Waals surface area contributed by atoms with Gasteiger partial charge in [-0.1, -0.05) is 12.1 Å².